The lowest BCUT2D eigenvalue weighted by Gasteiger charge is -2.18. The minimum atomic E-state index is -0.110. The zero-order valence-corrected chi connectivity index (χ0v) is 8.32. The van der Waals surface area contributed by atoms with Gasteiger partial charge in [0.25, 0.3) is 0 Å². The third kappa shape index (κ3) is 1.95. The van der Waals surface area contributed by atoms with Crippen molar-refractivity contribution >= 4 is 6.09 Å². The van der Waals surface area contributed by atoms with Crippen LogP contribution < -0.4 is 0 Å². The largest absolute Gasteiger partial charge is 0.449 e. The van der Waals surface area contributed by atoms with E-state index in [1.807, 2.05) is 4.90 Å². The molecule has 1 saturated carbocycles. The second kappa shape index (κ2) is 3.20. The Labute approximate surface area is 79.0 Å². The summed E-state index contributed by atoms with van der Waals surface area (Å²) in [4.78, 5) is 13.3. The molecule has 2 unspecified atom stereocenters. The Morgan fingerprint density at radius 2 is 2.08 bits per heavy atom. The van der Waals surface area contributed by atoms with Crippen LogP contribution in [0, 0.1) is 17.8 Å². The van der Waals surface area contributed by atoms with Gasteiger partial charge in [-0.1, -0.05) is 13.8 Å². The lowest BCUT2D eigenvalue weighted by atomic mass is 10.2. The molecule has 3 heteroatoms. The Bertz CT molecular complexity index is 205. The fraction of sp³-hybridized carbons (Fsp3) is 0.900. The number of fused-ring (bicyclic) bond motifs is 1. The van der Waals surface area contributed by atoms with Crippen molar-refractivity contribution in [2.75, 3.05) is 19.7 Å². The molecule has 0 aromatic carbocycles. The molecular weight excluding hydrogens is 166 g/mol. The van der Waals surface area contributed by atoms with Gasteiger partial charge in [-0.2, -0.15) is 0 Å². The summed E-state index contributed by atoms with van der Waals surface area (Å²) in [5.41, 5.74) is 0. The summed E-state index contributed by atoms with van der Waals surface area (Å²) in [6.07, 6.45) is 1.22. The third-order valence-corrected chi connectivity index (χ3v) is 2.78. The SMILES string of the molecule is CC(C)COC(=O)N1CC2CC2C1. The topological polar surface area (TPSA) is 29.5 Å². The summed E-state index contributed by atoms with van der Waals surface area (Å²) in [6, 6.07) is 0. The number of hydrogen-bond donors (Lipinski definition) is 0. The number of carbonyl (C=O) groups is 1. The molecule has 0 aromatic rings. The molecular formula is C10H17NO2. The van der Waals surface area contributed by atoms with Crippen molar-refractivity contribution in [3.63, 3.8) is 0 Å². The van der Waals surface area contributed by atoms with Crippen LogP contribution in [0.3, 0.4) is 0 Å². The van der Waals surface area contributed by atoms with Gasteiger partial charge in [0, 0.05) is 13.1 Å². The molecule has 1 amide bonds. The van der Waals surface area contributed by atoms with E-state index in [1.165, 1.54) is 6.42 Å². The molecule has 13 heavy (non-hydrogen) atoms. The number of carbonyl (C=O) groups excluding carboxylic acids is 1. The van der Waals surface area contributed by atoms with Crippen LogP contribution in [0.15, 0.2) is 0 Å². The van der Waals surface area contributed by atoms with Crippen molar-refractivity contribution in [2.24, 2.45) is 17.8 Å². The van der Waals surface area contributed by atoms with Crippen LogP contribution in [0.2, 0.25) is 0 Å². The van der Waals surface area contributed by atoms with Crippen LogP contribution in [0.1, 0.15) is 20.3 Å². The molecule has 2 fully saturated rings. The minimum Gasteiger partial charge on any atom is -0.449 e. The molecule has 0 spiro atoms. The fourth-order valence-electron chi connectivity index (χ4n) is 1.88. The number of likely N-dealkylation sites (tertiary alicyclic amines) is 1. The molecule has 0 radical (unpaired) electrons. The van der Waals surface area contributed by atoms with Gasteiger partial charge in [-0.25, -0.2) is 4.79 Å². The Kier molecular flexibility index (Phi) is 2.18. The quantitative estimate of drug-likeness (QED) is 0.652. The van der Waals surface area contributed by atoms with Gasteiger partial charge in [0.15, 0.2) is 0 Å². The van der Waals surface area contributed by atoms with E-state index in [0.717, 1.165) is 24.9 Å². The van der Waals surface area contributed by atoms with Crippen LogP contribution in [0.4, 0.5) is 4.79 Å². The van der Waals surface area contributed by atoms with Crippen molar-refractivity contribution in [1.29, 1.82) is 0 Å². The highest BCUT2D eigenvalue weighted by atomic mass is 16.6. The Morgan fingerprint density at radius 1 is 1.46 bits per heavy atom. The second-order valence-electron chi connectivity index (χ2n) is 4.63. The first kappa shape index (κ1) is 8.85. The molecule has 1 aliphatic carbocycles. The molecule has 2 aliphatic rings. The van der Waals surface area contributed by atoms with Gasteiger partial charge in [-0.15, -0.1) is 0 Å². The first-order valence-corrected chi connectivity index (χ1v) is 5.08. The number of rotatable bonds is 2. The maximum Gasteiger partial charge on any atom is 0.409 e. The predicted octanol–water partition coefficient (Wildman–Crippen LogP) is 1.73. The summed E-state index contributed by atoms with van der Waals surface area (Å²) in [5.74, 6) is 2.03. The van der Waals surface area contributed by atoms with E-state index in [1.54, 1.807) is 0 Å². The Hall–Kier alpha value is -0.730. The lowest BCUT2D eigenvalue weighted by molar-refractivity contribution is 0.0960. The van der Waals surface area contributed by atoms with Crippen LogP contribution in [-0.2, 0) is 4.74 Å². The predicted molar refractivity (Wildman–Crippen MR) is 49.4 cm³/mol. The maximum absolute atomic E-state index is 11.4. The Morgan fingerprint density at radius 3 is 2.62 bits per heavy atom. The highest BCUT2D eigenvalue weighted by molar-refractivity contribution is 5.68. The van der Waals surface area contributed by atoms with Crippen LogP contribution in [-0.4, -0.2) is 30.7 Å². The number of amides is 1. The lowest BCUT2D eigenvalue weighted by Crippen LogP contribution is -2.31. The highest BCUT2D eigenvalue weighted by Gasteiger charge is 2.47. The van der Waals surface area contributed by atoms with E-state index in [2.05, 4.69) is 13.8 Å². The molecule has 0 bridgehead atoms. The van der Waals surface area contributed by atoms with Gasteiger partial charge in [-0.05, 0) is 24.2 Å². The zero-order chi connectivity index (χ0) is 9.42. The normalized spacial score (nSPS) is 30.5. The van der Waals surface area contributed by atoms with Crippen LogP contribution in [0.25, 0.3) is 0 Å². The molecule has 1 saturated heterocycles. The van der Waals surface area contributed by atoms with E-state index < -0.39 is 0 Å². The molecule has 1 aliphatic heterocycles. The van der Waals surface area contributed by atoms with Gasteiger partial charge in [0.2, 0.25) is 0 Å². The van der Waals surface area contributed by atoms with Crippen LogP contribution in [0.5, 0.6) is 0 Å². The van der Waals surface area contributed by atoms with Crippen molar-refractivity contribution in [1.82, 2.24) is 4.90 Å². The molecule has 0 N–H and O–H groups in total. The number of hydrogen-bond acceptors (Lipinski definition) is 2. The highest BCUT2D eigenvalue weighted by Crippen LogP contribution is 2.44. The zero-order valence-electron chi connectivity index (χ0n) is 8.32. The Balaban J connectivity index is 1.71. The van der Waals surface area contributed by atoms with E-state index in [9.17, 15) is 4.79 Å². The van der Waals surface area contributed by atoms with Gasteiger partial charge in [0.05, 0.1) is 6.61 Å². The first-order chi connectivity index (χ1) is 6.16. The summed E-state index contributed by atoms with van der Waals surface area (Å²) in [5, 5.41) is 0. The van der Waals surface area contributed by atoms with Gasteiger partial charge in [-0.3, -0.25) is 0 Å². The number of nitrogens with zero attached hydrogens (tertiary/aromatic N) is 1. The molecule has 74 valence electrons. The molecule has 1 heterocycles. The summed E-state index contributed by atoms with van der Waals surface area (Å²) in [6.45, 7) is 6.51. The van der Waals surface area contributed by atoms with E-state index in [4.69, 9.17) is 4.74 Å². The maximum atomic E-state index is 11.4. The molecule has 2 atom stereocenters. The van der Waals surface area contributed by atoms with Crippen molar-refractivity contribution in [3.05, 3.63) is 0 Å². The van der Waals surface area contributed by atoms with E-state index in [0.29, 0.717) is 12.5 Å². The summed E-state index contributed by atoms with van der Waals surface area (Å²) >= 11 is 0. The van der Waals surface area contributed by atoms with Gasteiger partial charge < -0.3 is 9.64 Å². The second-order valence-corrected chi connectivity index (χ2v) is 4.63. The molecule has 2 rings (SSSR count). The smallest absolute Gasteiger partial charge is 0.409 e. The van der Waals surface area contributed by atoms with Crippen molar-refractivity contribution in [3.8, 4) is 0 Å². The monoisotopic (exact) mass is 183 g/mol. The fourth-order valence-corrected chi connectivity index (χ4v) is 1.88. The van der Waals surface area contributed by atoms with E-state index in [-0.39, 0.29) is 6.09 Å². The minimum absolute atomic E-state index is 0.110. The average molecular weight is 183 g/mol. The van der Waals surface area contributed by atoms with E-state index >= 15 is 0 Å². The standard InChI is InChI=1S/C10H17NO2/c1-7(2)6-13-10(12)11-4-8-3-9(8)5-11/h7-9H,3-6H2,1-2H3. The van der Waals surface area contributed by atoms with Gasteiger partial charge in [0.1, 0.15) is 0 Å². The molecule has 0 aromatic heterocycles. The van der Waals surface area contributed by atoms with Gasteiger partial charge >= 0.3 is 6.09 Å². The molecule has 3 nitrogen and oxygen atoms in total. The van der Waals surface area contributed by atoms with Crippen molar-refractivity contribution < 1.29 is 9.53 Å². The summed E-state index contributed by atoms with van der Waals surface area (Å²) in [7, 11) is 0. The number of piperidine rings is 1. The third-order valence-electron chi connectivity index (χ3n) is 2.78. The first-order valence-electron chi connectivity index (χ1n) is 5.08. The summed E-state index contributed by atoms with van der Waals surface area (Å²) < 4.78 is 5.14. The van der Waals surface area contributed by atoms with Crippen LogP contribution >= 0.6 is 0 Å². The average Bonchev–Trinajstić information content (AvgIpc) is 2.69. The van der Waals surface area contributed by atoms with Crippen molar-refractivity contribution in [2.45, 2.75) is 20.3 Å². The number of ether oxygens (including phenoxy) is 1.